The number of carbonyl (C=O) groups is 2. The van der Waals surface area contributed by atoms with E-state index < -0.39 is 10.0 Å². The number of carbonyl (C=O) groups excluding carboxylic acids is 2. The maximum atomic E-state index is 12.3. The van der Waals surface area contributed by atoms with Crippen molar-refractivity contribution in [2.45, 2.75) is 32.7 Å². The van der Waals surface area contributed by atoms with Gasteiger partial charge in [-0.3, -0.25) is 9.52 Å². The van der Waals surface area contributed by atoms with Crippen LogP contribution in [0.4, 0.5) is 10.5 Å². The molecule has 0 atom stereocenters. The number of rotatable bonds is 6. The molecule has 1 heterocycles. The van der Waals surface area contributed by atoms with E-state index >= 15 is 0 Å². The third-order valence-electron chi connectivity index (χ3n) is 4.08. The number of likely N-dealkylation sites (tertiary alicyclic amines) is 1. The van der Waals surface area contributed by atoms with Crippen molar-refractivity contribution >= 4 is 27.7 Å². The fourth-order valence-electron chi connectivity index (χ4n) is 2.71. The molecule has 0 unspecified atom stereocenters. The molecule has 0 radical (unpaired) electrons. The Bertz CT molecular complexity index is 754. The fourth-order valence-corrected chi connectivity index (χ4v) is 3.27. The van der Waals surface area contributed by atoms with Gasteiger partial charge in [-0.15, -0.1) is 0 Å². The van der Waals surface area contributed by atoms with Crippen molar-refractivity contribution in [3.8, 4) is 0 Å². The molecule has 1 aromatic rings. The number of benzene rings is 1. The van der Waals surface area contributed by atoms with E-state index in [1.807, 2.05) is 13.8 Å². The Kier molecular flexibility index (Phi) is 7.06. The van der Waals surface area contributed by atoms with Crippen LogP contribution in [0.2, 0.25) is 0 Å². The van der Waals surface area contributed by atoms with Crippen LogP contribution < -0.4 is 10.0 Å². The second-order valence-corrected chi connectivity index (χ2v) is 8.91. The predicted octanol–water partition coefficient (Wildman–Crippen LogP) is 2.04. The van der Waals surface area contributed by atoms with E-state index in [1.54, 1.807) is 29.2 Å². The molecule has 0 bridgehead atoms. The molecule has 1 saturated heterocycles. The Labute approximate surface area is 160 Å². The number of ether oxygens (including phenoxy) is 1. The number of nitrogens with zero attached hydrogens (tertiary/aromatic N) is 1. The van der Waals surface area contributed by atoms with E-state index in [-0.39, 0.29) is 18.0 Å². The monoisotopic (exact) mass is 397 g/mol. The largest absolute Gasteiger partial charge is 0.449 e. The average molecular weight is 397 g/mol. The molecule has 1 aliphatic heterocycles. The van der Waals surface area contributed by atoms with Gasteiger partial charge in [0.05, 0.1) is 12.9 Å². The third-order valence-corrected chi connectivity index (χ3v) is 4.69. The van der Waals surface area contributed by atoms with E-state index in [0.717, 1.165) is 6.26 Å². The number of piperidine rings is 1. The molecule has 1 aliphatic rings. The summed E-state index contributed by atoms with van der Waals surface area (Å²) in [5, 5.41) is 2.96. The Morgan fingerprint density at radius 3 is 2.30 bits per heavy atom. The summed E-state index contributed by atoms with van der Waals surface area (Å²) >= 11 is 0. The highest BCUT2D eigenvalue weighted by molar-refractivity contribution is 7.92. The standard InChI is InChI=1S/C18H27N3O5S/c1-13(2)12-26-18(23)21-10-8-15(9-11-21)19-17(22)14-4-6-16(7-5-14)20-27(3,24)25/h4-7,13,15,20H,8-12H2,1-3H3,(H,19,22). The molecule has 27 heavy (non-hydrogen) atoms. The van der Waals surface area contributed by atoms with Gasteiger partial charge in [-0.05, 0) is 43.0 Å². The number of sulfonamides is 1. The Hall–Kier alpha value is -2.29. The molecule has 2 N–H and O–H groups in total. The first-order valence-corrected chi connectivity index (χ1v) is 10.8. The summed E-state index contributed by atoms with van der Waals surface area (Å²) in [6, 6.07) is 6.22. The Balaban J connectivity index is 1.81. The fraction of sp³-hybridized carbons (Fsp3) is 0.556. The molecule has 8 nitrogen and oxygen atoms in total. The highest BCUT2D eigenvalue weighted by Crippen LogP contribution is 2.14. The summed E-state index contributed by atoms with van der Waals surface area (Å²) in [6.07, 6.45) is 2.09. The maximum absolute atomic E-state index is 12.3. The first-order valence-electron chi connectivity index (χ1n) is 8.94. The third kappa shape index (κ3) is 7.09. The van der Waals surface area contributed by atoms with E-state index in [1.165, 1.54) is 0 Å². The van der Waals surface area contributed by atoms with Crippen molar-refractivity contribution in [2.24, 2.45) is 5.92 Å². The summed E-state index contributed by atoms with van der Waals surface area (Å²) < 4.78 is 30.0. The van der Waals surface area contributed by atoms with Crippen LogP contribution >= 0.6 is 0 Å². The predicted molar refractivity (Wildman–Crippen MR) is 103 cm³/mol. The molecule has 2 rings (SSSR count). The van der Waals surface area contributed by atoms with E-state index in [4.69, 9.17) is 4.74 Å². The number of nitrogens with one attached hydrogen (secondary N) is 2. The number of hydrogen-bond acceptors (Lipinski definition) is 5. The van der Waals surface area contributed by atoms with Crippen LogP contribution in [-0.2, 0) is 14.8 Å². The van der Waals surface area contributed by atoms with E-state index in [0.29, 0.717) is 49.7 Å². The topological polar surface area (TPSA) is 105 Å². The molecule has 1 aromatic carbocycles. The van der Waals surface area contributed by atoms with Crippen LogP contribution in [0.25, 0.3) is 0 Å². The second-order valence-electron chi connectivity index (χ2n) is 7.16. The van der Waals surface area contributed by atoms with Crippen molar-refractivity contribution in [3.63, 3.8) is 0 Å². The average Bonchev–Trinajstić information content (AvgIpc) is 2.59. The Morgan fingerprint density at radius 2 is 1.78 bits per heavy atom. The smallest absolute Gasteiger partial charge is 0.409 e. The summed E-state index contributed by atoms with van der Waals surface area (Å²) in [6.45, 7) is 5.45. The normalized spacial score (nSPS) is 15.5. The van der Waals surface area contributed by atoms with Crippen molar-refractivity contribution in [1.82, 2.24) is 10.2 Å². The van der Waals surface area contributed by atoms with Crippen molar-refractivity contribution in [3.05, 3.63) is 29.8 Å². The Morgan fingerprint density at radius 1 is 1.19 bits per heavy atom. The van der Waals surface area contributed by atoms with Gasteiger partial charge in [0, 0.05) is 30.4 Å². The van der Waals surface area contributed by atoms with Gasteiger partial charge in [-0.25, -0.2) is 13.2 Å². The van der Waals surface area contributed by atoms with Gasteiger partial charge in [0.2, 0.25) is 10.0 Å². The molecule has 9 heteroatoms. The minimum absolute atomic E-state index is 0.0135. The summed E-state index contributed by atoms with van der Waals surface area (Å²) in [5.41, 5.74) is 0.857. The van der Waals surface area contributed by atoms with Gasteiger partial charge in [-0.1, -0.05) is 13.8 Å². The summed E-state index contributed by atoms with van der Waals surface area (Å²) in [4.78, 5) is 26.0. The first kappa shape index (κ1) is 21.0. The molecule has 2 amide bonds. The van der Waals surface area contributed by atoms with Crippen LogP contribution in [-0.4, -0.2) is 57.3 Å². The van der Waals surface area contributed by atoms with Crippen LogP contribution in [0.3, 0.4) is 0 Å². The lowest BCUT2D eigenvalue weighted by Gasteiger charge is -2.31. The van der Waals surface area contributed by atoms with Crippen molar-refractivity contribution < 1.29 is 22.7 Å². The molecule has 0 saturated carbocycles. The molecule has 1 fully saturated rings. The zero-order valence-electron chi connectivity index (χ0n) is 15.9. The summed E-state index contributed by atoms with van der Waals surface area (Å²) in [7, 11) is -3.35. The maximum Gasteiger partial charge on any atom is 0.409 e. The highest BCUT2D eigenvalue weighted by atomic mass is 32.2. The minimum Gasteiger partial charge on any atom is -0.449 e. The van der Waals surface area contributed by atoms with Gasteiger partial charge in [-0.2, -0.15) is 0 Å². The first-order chi connectivity index (χ1) is 12.6. The van der Waals surface area contributed by atoms with Gasteiger partial charge >= 0.3 is 6.09 Å². The molecule has 0 spiro atoms. The van der Waals surface area contributed by atoms with Gasteiger partial charge in [0.25, 0.3) is 5.91 Å². The van der Waals surface area contributed by atoms with Crippen LogP contribution in [0.5, 0.6) is 0 Å². The minimum atomic E-state index is -3.35. The van der Waals surface area contributed by atoms with Crippen molar-refractivity contribution in [1.29, 1.82) is 0 Å². The molecular formula is C18H27N3O5S. The number of anilines is 1. The van der Waals surface area contributed by atoms with Gasteiger partial charge < -0.3 is 15.0 Å². The molecule has 0 aliphatic carbocycles. The quantitative estimate of drug-likeness (QED) is 0.764. The van der Waals surface area contributed by atoms with E-state index in [2.05, 4.69) is 10.0 Å². The van der Waals surface area contributed by atoms with Gasteiger partial charge in [0.15, 0.2) is 0 Å². The zero-order valence-corrected chi connectivity index (χ0v) is 16.7. The SMILES string of the molecule is CC(C)COC(=O)N1CCC(NC(=O)c2ccc(NS(C)(=O)=O)cc2)CC1. The van der Waals surface area contributed by atoms with Crippen LogP contribution in [0.1, 0.15) is 37.0 Å². The van der Waals surface area contributed by atoms with Gasteiger partial charge in [0.1, 0.15) is 0 Å². The lowest BCUT2D eigenvalue weighted by Crippen LogP contribution is -2.46. The summed E-state index contributed by atoms with van der Waals surface area (Å²) in [5.74, 6) is 0.0755. The number of amides is 2. The molecular weight excluding hydrogens is 370 g/mol. The molecule has 150 valence electrons. The lowest BCUT2D eigenvalue weighted by molar-refractivity contribution is 0.0785. The highest BCUT2D eigenvalue weighted by Gasteiger charge is 2.25. The van der Waals surface area contributed by atoms with Crippen LogP contribution in [0, 0.1) is 5.92 Å². The zero-order chi connectivity index (χ0) is 20.0. The van der Waals surface area contributed by atoms with Crippen LogP contribution in [0.15, 0.2) is 24.3 Å². The number of hydrogen-bond donors (Lipinski definition) is 2. The second kappa shape index (κ2) is 9.07. The lowest BCUT2D eigenvalue weighted by atomic mass is 10.0. The van der Waals surface area contributed by atoms with E-state index in [9.17, 15) is 18.0 Å². The van der Waals surface area contributed by atoms with Crippen molar-refractivity contribution in [2.75, 3.05) is 30.7 Å². The molecule has 0 aromatic heterocycles.